The molecule has 0 aliphatic heterocycles. The van der Waals surface area contributed by atoms with Crippen LogP contribution in [0.25, 0.3) is 0 Å². The highest BCUT2D eigenvalue weighted by molar-refractivity contribution is 6.31. The highest BCUT2D eigenvalue weighted by Crippen LogP contribution is 2.11. The van der Waals surface area contributed by atoms with Crippen LogP contribution in [0.5, 0.6) is 0 Å². The minimum absolute atomic E-state index is 0.210. The quantitative estimate of drug-likeness (QED) is 0.738. The van der Waals surface area contributed by atoms with Crippen molar-refractivity contribution in [3.63, 3.8) is 0 Å². The molecule has 2 heterocycles. The number of aromatic nitrogens is 3. The van der Waals surface area contributed by atoms with Crippen molar-refractivity contribution in [2.45, 2.75) is 13.1 Å². The number of carboxylic acid groups (broad SMARTS) is 1. The van der Waals surface area contributed by atoms with Gasteiger partial charge in [0.25, 0.3) is 5.91 Å². The van der Waals surface area contributed by atoms with Crippen molar-refractivity contribution in [2.24, 2.45) is 0 Å². The molecule has 2 rings (SSSR count). The molecular weight excluding hydrogens is 310 g/mol. The molecule has 0 fully saturated rings. The Balaban J connectivity index is 1.86. The van der Waals surface area contributed by atoms with Gasteiger partial charge in [0, 0.05) is 18.9 Å². The topological polar surface area (TPSA) is 109 Å². The number of nitrogens with one attached hydrogen (secondary N) is 2. The standard InChI is InChI=1S/C13H14ClN5O3/c14-10-2-1-3-15-11(10)7-17-12(20)9-6-18-19(8-9)5-4-16-13(21)22/h1-3,6,8,16H,4-5,7H2,(H,17,20)(H,21,22). The van der Waals surface area contributed by atoms with Crippen LogP contribution in [0.1, 0.15) is 16.1 Å². The van der Waals surface area contributed by atoms with E-state index in [-0.39, 0.29) is 19.0 Å². The Kier molecular flexibility index (Phi) is 5.31. The molecule has 0 aliphatic rings. The van der Waals surface area contributed by atoms with Crippen LogP contribution in [0.15, 0.2) is 30.7 Å². The van der Waals surface area contributed by atoms with E-state index in [1.807, 2.05) is 0 Å². The van der Waals surface area contributed by atoms with Crippen LogP contribution in [0.4, 0.5) is 4.79 Å². The zero-order valence-electron chi connectivity index (χ0n) is 11.5. The second kappa shape index (κ2) is 7.41. The van der Waals surface area contributed by atoms with Crippen molar-refractivity contribution in [3.8, 4) is 0 Å². The summed E-state index contributed by atoms with van der Waals surface area (Å²) in [6.07, 6.45) is 3.45. The second-order valence-corrected chi connectivity index (χ2v) is 4.75. The minimum Gasteiger partial charge on any atom is -0.465 e. The van der Waals surface area contributed by atoms with Crippen LogP contribution in [-0.4, -0.2) is 38.4 Å². The summed E-state index contributed by atoms with van der Waals surface area (Å²) in [7, 11) is 0. The summed E-state index contributed by atoms with van der Waals surface area (Å²) in [5, 5.41) is 17.8. The van der Waals surface area contributed by atoms with Gasteiger partial charge in [-0.05, 0) is 12.1 Å². The molecule has 0 spiro atoms. The second-order valence-electron chi connectivity index (χ2n) is 4.34. The fourth-order valence-electron chi connectivity index (χ4n) is 1.70. The van der Waals surface area contributed by atoms with Gasteiger partial charge in [-0.25, -0.2) is 4.79 Å². The van der Waals surface area contributed by atoms with Crippen LogP contribution in [0.2, 0.25) is 5.02 Å². The Bertz CT molecular complexity index is 673. The molecule has 3 N–H and O–H groups in total. The van der Waals surface area contributed by atoms with Crippen LogP contribution in [0.3, 0.4) is 0 Å². The van der Waals surface area contributed by atoms with Gasteiger partial charge in [-0.15, -0.1) is 0 Å². The van der Waals surface area contributed by atoms with Crippen LogP contribution < -0.4 is 10.6 Å². The van der Waals surface area contributed by atoms with Crippen molar-refractivity contribution >= 4 is 23.6 Å². The Labute approximate surface area is 131 Å². The first-order chi connectivity index (χ1) is 10.6. The van der Waals surface area contributed by atoms with Crippen molar-refractivity contribution in [1.82, 2.24) is 25.4 Å². The SMILES string of the molecule is O=C(O)NCCn1cc(C(=O)NCc2ncccc2Cl)cn1. The lowest BCUT2D eigenvalue weighted by atomic mass is 10.3. The van der Waals surface area contributed by atoms with Gasteiger partial charge in [0.15, 0.2) is 0 Å². The lowest BCUT2D eigenvalue weighted by Crippen LogP contribution is -2.25. The molecular formula is C13H14ClN5O3. The van der Waals surface area contributed by atoms with E-state index in [4.69, 9.17) is 16.7 Å². The van der Waals surface area contributed by atoms with Crippen LogP contribution >= 0.6 is 11.6 Å². The van der Waals surface area contributed by atoms with Crippen LogP contribution in [-0.2, 0) is 13.1 Å². The fourth-order valence-corrected chi connectivity index (χ4v) is 1.88. The summed E-state index contributed by atoms with van der Waals surface area (Å²) in [5.41, 5.74) is 0.956. The van der Waals surface area contributed by atoms with E-state index < -0.39 is 6.09 Å². The van der Waals surface area contributed by atoms with E-state index in [1.54, 1.807) is 24.5 Å². The van der Waals surface area contributed by atoms with Gasteiger partial charge in [-0.2, -0.15) is 5.10 Å². The molecule has 8 nitrogen and oxygen atoms in total. The molecule has 0 aliphatic carbocycles. The molecule has 9 heteroatoms. The highest BCUT2D eigenvalue weighted by atomic mass is 35.5. The van der Waals surface area contributed by atoms with Gasteiger partial charge >= 0.3 is 6.09 Å². The zero-order chi connectivity index (χ0) is 15.9. The third-order valence-corrected chi connectivity index (χ3v) is 3.11. The average molecular weight is 324 g/mol. The highest BCUT2D eigenvalue weighted by Gasteiger charge is 2.10. The van der Waals surface area contributed by atoms with Crippen molar-refractivity contribution in [1.29, 1.82) is 0 Å². The molecule has 22 heavy (non-hydrogen) atoms. The molecule has 0 radical (unpaired) electrons. The molecule has 0 aromatic carbocycles. The Morgan fingerprint density at radius 1 is 1.36 bits per heavy atom. The first-order valence-electron chi connectivity index (χ1n) is 6.43. The smallest absolute Gasteiger partial charge is 0.404 e. The largest absolute Gasteiger partial charge is 0.465 e. The lowest BCUT2D eigenvalue weighted by molar-refractivity contribution is 0.0950. The number of pyridine rings is 1. The molecule has 2 aromatic heterocycles. The average Bonchev–Trinajstić information content (AvgIpc) is 2.94. The molecule has 116 valence electrons. The molecule has 0 unspecified atom stereocenters. The fraction of sp³-hybridized carbons (Fsp3) is 0.231. The Morgan fingerprint density at radius 2 is 2.18 bits per heavy atom. The summed E-state index contributed by atoms with van der Waals surface area (Å²) in [6, 6.07) is 3.41. The van der Waals surface area contributed by atoms with E-state index in [9.17, 15) is 9.59 Å². The third-order valence-electron chi connectivity index (χ3n) is 2.76. The van der Waals surface area contributed by atoms with E-state index in [1.165, 1.54) is 10.9 Å². The first-order valence-corrected chi connectivity index (χ1v) is 6.81. The van der Waals surface area contributed by atoms with Gasteiger partial charge in [0.05, 0.1) is 35.6 Å². The van der Waals surface area contributed by atoms with E-state index in [0.717, 1.165) is 0 Å². The maximum atomic E-state index is 12.0. The number of nitrogens with zero attached hydrogens (tertiary/aromatic N) is 3. The van der Waals surface area contributed by atoms with Gasteiger partial charge in [0.1, 0.15) is 0 Å². The molecule has 0 atom stereocenters. The Hall–Kier alpha value is -2.61. The van der Waals surface area contributed by atoms with E-state index >= 15 is 0 Å². The van der Waals surface area contributed by atoms with Crippen molar-refractivity contribution in [3.05, 3.63) is 47.0 Å². The number of carbonyl (C=O) groups excluding carboxylic acids is 1. The molecule has 0 bridgehead atoms. The summed E-state index contributed by atoms with van der Waals surface area (Å²) in [6.45, 7) is 0.761. The first kappa shape index (κ1) is 15.8. The van der Waals surface area contributed by atoms with Crippen molar-refractivity contribution in [2.75, 3.05) is 6.54 Å². The van der Waals surface area contributed by atoms with E-state index in [0.29, 0.717) is 22.8 Å². The summed E-state index contributed by atoms with van der Waals surface area (Å²) in [4.78, 5) is 26.4. The number of hydrogen-bond donors (Lipinski definition) is 3. The van der Waals surface area contributed by atoms with Gasteiger partial charge in [0.2, 0.25) is 0 Å². The van der Waals surface area contributed by atoms with E-state index in [2.05, 4.69) is 20.7 Å². The van der Waals surface area contributed by atoms with Gasteiger partial charge < -0.3 is 15.7 Å². The maximum Gasteiger partial charge on any atom is 0.404 e. The predicted molar refractivity (Wildman–Crippen MR) is 78.7 cm³/mol. The summed E-state index contributed by atoms with van der Waals surface area (Å²) in [5.74, 6) is -0.306. The number of carbonyl (C=O) groups is 2. The van der Waals surface area contributed by atoms with Gasteiger partial charge in [-0.1, -0.05) is 11.6 Å². The maximum absolute atomic E-state index is 12.0. The zero-order valence-corrected chi connectivity index (χ0v) is 12.2. The monoisotopic (exact) mass is 323 g/mol. The predicted octanol–water partition coefficient (Wildman–Crippen LogP) is 1.13. The number of halogens is 1. The third kappa shape index (κ3) is 4.45. The summed E-state index contributed by atoms with van der Waals surface area (Å²) >= 11 is 5.96. The molecule has 2 aromatic rings. The van der Waals surface area contributed by atoms with Crippen LogP contribution in [0, 0.1) is 0 Å². The lowest BCUT2D eigenvalue weighted by Gasteiger charge is -2.04. The molecule has 2 amide bonds. The molecule has 0 saturated carbocycles. The minimum atomic E-state index is -1.10. The normalized spacial score (nSPS) is 10.2. The number of hydrogen-bond acceptors (Lipinski definition) is 4. The molecule has 0 saturated heterocycles. The van der Waals surface area contributed by atoms with Gasteiger partial charge in [-0.3, -0.25) is 14.5 Å². The Morgan fingerprint density at radius 3 is 2.91 bits per heavy atom. The van der Waals surface area contributed by atoms with Crippen molar-refractivity contribution < 1.29 is 14.7 Å². The number of rotatable bonds is 6. The summed E-state index contributed by atoms with van der Waals surface area (Å²) < 4.78 is 1.48. The number of amides is 2.